The topological polar surface area (TPSA) is 76.0 Å². The van der Waals surface area contributed by atoms with E-state index >= 15 is 0 Å². The van der Waals surface area contributed by atoms with Crippen molar-refractivity contribution in [1.82, 2.24) is 0 Å². The van der Waals surface area contributed by atoms with E-state index in [1.165, 1.54) is 24.0 Å². The summed E-state index contributed by atoms with van der Waals surface area (Å²) >= 11 is 0. The number of hydrogen-bond acceptors (Lipinski definition) is 5. The molecule has 264 valence electrons. The summed E-state index contributed by atoms with van der Waals surface area (Å²) in [5.41, 5.74) is 5.15. The zero-order chi connectivity index (χ0) is 34.7. The Hall–Kier alpha value is -2.89. The van der Waals surface area contributed by atoms with Crippen LogP contribution < -0.4 is 9.47 Å². The van der Waals surface area contributed by atoms with Crippen LogP contribution in [0.5, 0.6) is 11.5 Å². The monoisotopic (exact) mass is 666 g/mol. The van der Waals surface area contributed by atoms with Gasteiger partial charge in [-0.1, -0.05) is 38.1 Å². The van der Waals surface area contributed by atoms with E-state index in [1.807, 2.05) is 18.2 Å². The number of aliphatic hydroxyl groups is 2. The van der Waals surface area contributed by atoms with Gasteiger partial charge in [0.1, 0.15) is 11.5 Å². The number of methoxy groups -OCH3 is 2. The second-order valence-corrected chi connectivity index (χ2v) is 16.9. The first kappa shape index (κ1) is 34.6. The van der Waals surface area contributed by atoms with Crippen LogP contribution in [0.3, 0.4) is 0 Å². The first-order valence-corrected chi connectivity index (χ1v) is 19.1. The smallest absolute Gasteiger partial charge is 0.166 e. The number of hydrogen-bond donors (Lipinski definition) is 2. The average molecular weight is 667 g/mol. The Kier molecular flexibility index (Phi) is 9.41. The lowest BCUT2D eigenvalue weighted by Gasteiger charge is -2.53. The summed E-state index contributed by atoms with van der Waals surface area (Å²) in [5.74, 6) is 5.75. The number of Topliss-reactive ketones (excluding diaryl/α,β-unsaturated/α-hetero) is 1. The number of ketones is 1. The van der Waals surface area contributed by atoms with Crippen molar-refractivity contribution in [3.8, 4) is 11.5 Å². The fraction of sp³-hybridized carbons (Fsp3) is 0.614. The van der Waals surface area contributed by atoms with Gasteiger partial charge in [-0.15, -0.1) is 13.2 Å². The highest BCUT2D eigenvalue weighted by Gasteiger charge is 2.59. The molecule has 6 unspecified atom stereocenters. The summed E-state index contributed by atoms with van der Waals surface area (Å²) in [6, 6.07) is 12.7. The van der Waals surface area contributed by atoms with Gasteiger partial charge in [-0.3, -0.25) is 4.79 Å². The highest BCUT2D eigenvalue weighted by atomic mass is 16.5. The third-order valence-electron chi connectivity index (χ3n) is 15.0. The molecule has 49 heavy (non-hydrogen) atoms. The molecule has 2 N–H and O–H groups in total. The van der Waals surface area contributed by atoms with Crippen LogP contribution in [0.15, 0.2) is 61.7 Å². The van der Waals surface area contributed by atoms with E-state index in [-0.39, 0.29) is 34.7 Å². The molecule has 0 aliphatic heterocycles. The molecule has 0 amide bonds. The molecule has 4 saturated carbocycles. The number of benzene rings is 2. The van der Waals surface area contributed by atoms with Crippen molar-refractivity contribution in [1.29, 1.82) is 0 Å². The van der Waals surface area contributed by atoms with Crippen LogP contribution in [0.2, 0.25) is 0 Å². The van der Waals surface area contributed by atoms with Gasteiger partial charge in [0.25, 0.3) is 0 Å². The highest BCUT2D eigenvalue weighted by molar-refractivity contribution is 6.01. The summed E-state index contributed by atoms with van der Waals surface area (Å²) in [4.78, 5) is 13.3. The molecule has 8 rings (SSSR count). The van der Waals surface area contributed by atoms with Gasteiger partial charge >= 0.3 is 0 Å². The number of allylic oxidation sites excluding steroid dienone is 2. The summed E-state index contributed by atoms with van der Waals surface area (Å²) in [6.45, 7) is 12.5. The molecule has 6 aliphatic carbocycles. The average Bonchev–Trinajstić information content (AvgIpc) is 3.59. The maximum Gasteiger partial charge on any atom is 0.166 e. The van der Waals surface area contributed by atoms with Crippen molar-refractivity contribution < 1.29 is 24.5 Å². The predicted molar refractivity (Wildman–Crippen MR) is 195 cm³/mol. The quantitative estimate of drug-likeness (QED) is 0.301. The van der Waals surface area contributed by atoms with Crippen LogP contribution in [0.4, 0.5) is 0 Å². The van der Waals surface area contributed by atoms with Crippen LogP contribution >= 0.6 is 0 Å². The predicted octanol–water partition coefficient (Wildman–Crippen LogP) is 9.07. The van der Waals surface area contributed by atoms with Gasteiger partial charge in [0.2, 0.25) is 0 Å². The number of rotatable bonds is 6. The molecular weight excluding hydrogens is 608 g/mol. The number of fused-ring (bicyclic) bond motifs is 10. The molecule has 12 atom stereocenters. The first-order valence-electron chi connectivity index (χ1n) is 19.1. The van der Waals surface area contributed by atoms with E-state index in [0.717, 1.165) is 74.8 Å². The van der Waals surface area contributed by atoms with Crippen LogP contribution in [-0.2, 0) is 6.42 Å². The molecule has 2 aromatic carbocycles. The third-order valence-corrected chi connectivity index (χ3v) is 15.0. The lowest BCUT2D eigenvalue weighted by atomic mass is 9.52. The molecule has 0 bridgehead atoms. The number of ether oxygens (including phenoxy) is 2. The molecule has 0 heterocycles. The zero-order valence-corrected chi connectivity index (χ0v) is 30.2. The van der Waals surface area contributed by atoms with Crippen molar-refractivity contribution in [3.63, 3.8) is 0 Å². The Morgan fingerprint density at radius 2 is 1.31 bits per heavy atom. The van der Waals surface area contributed by atoms with Gasteiger partial charge in [0.05, 0.1) is 26.4 Å². The lowest BCUT2D eigenvalue weighted by Crippen LogP contribution is -2.48. The van der Waals surface area contributed by atoms with Crippen molar-refractivity contribution >= 4 is 5.78 Å². The zero-order valence-electron chi connectivity index (χ0n) is 30.2. The van der Waals surface area contributed by atoms with Gasteiger partial charge in [-0.05, 0) is 164 Å². The minimum absolute atomic E-state index is 0.0166. The molecule has 0 radical (unpaired) electrons. The van der Waals surface area contributed by atoms with Crippen molar-refractivity contribution in [2.24, 2.45) is 46.3 Å². The maximum atomic E-state index is 13.3. The van der Waals surface area contributed by atoms with Gasteiger partial charge < -0.3 is 19.7 Å². The second kappa shape index (κ2) is 13.3. The summed E-state index contributed by atoms with van der Waals surface area (Å²) in [6.07, 6.45) is 15.1. The second-order valence-electron chi connectivity index (χ2n) is 16.9. The Morgan fingerprint density at radius 3 is 1.90 bits per heavy atom. The first-order chi connectivity index (χ1) is 23.6. The molecule has 0 aromatic heterocycles. The number of carbonyl (C=O) groups is 1. The molecular formula is C44H58O5. The van der Waals surface area contributed by atoms with E-state index in [0.29, 0.717) is 41.4 Å². The molecule has 4 fully saturated rings. The molecule has 0 saturated heterocycles. The maximum absolute atomic E-state index is 13.3. The largest absolute Gasteiger partial charge is 0.497 e. The summed E-state index contributed by atoms with van der Waals surface area (Å²) in [5, 5.41) is 21.2. The number of carbonyl (C=O) groups excluding carboxylic acids is 1. The summed E-state index contributed by atoms with van der Waals surface area (Å²) in [7, 11) is 3.39. The van der Waals surface area contributed by atoms with Crippen molar-refractivity contribution in [3.05, 3.63) is 84.0 Å². The fourth-order valence-corrected chi connectivity index (χ4v) is 12.4. The Labute approximate surface area is 294 Å². The van der Waals surface area contributed by atoms with Crippen LogP contribution in [0.1, 0.15) is 117 Å². The minimum Gasteiger partial charge on any atom is -0.497 e. The third kappa shape index (κ3) is 5.53. The van der Waals surface area contributed by atoms with Gasteiger partial charge in [0.15, 0.2) is 5.78 Å². The Balaban J connectivity index is 0.000000154. The van der Waals surface area contributed by atoms with Crippen LogP contribution in [-0.4, -0.2) is 42.4 Å². The minimum atomic E-state index is -0.227. The van der Waals surface area contributed by atoms with Gasteiger partial charge in [0, 0.05) is 11.5 Å². The molecule has 5 heteroatoms. The van der Waals surface area contributed by atoms with E-state index < -0.39 is 0 Å². The molecule has 5 nitrogen and oxygen atoms in total. The van der Waals surface area contributed by atoms with Gasteiger partial charge in [-0.25, -0.2) is 0 Å². The van der Waals surface area contributed by atoms with Gasteiger partial charge in [-0.2, -0.15) is 0 Å². The van der Waals surface area contributed by atoms with Crippen LogP contribution in [0, 0.1) is 46.3 Å². The SMILES string of the molecule is C=CC[C@@H]1C(=O)c2cc(OC)ccc2C2CC[C@@]3(C)C(CC[C@@H]3O)C21.C=CC[C@@H]1Cc2cc(OC)ccc2C2CC[C@@]3(C)C(CC[C@@H]3O)C21. The Morgan fingerprint density at radius 1 is 0.755 bits per heavy atom. The summed E-state index contributed by atoms with van der Waals surface area (Å²) < 4.78 is 10.8. The standard InChI is InChI=1S/C22H28O3.C22H30O2/c1-4-5-16-20-15(10-11-22(2)18(20)8-9-19(22)23)14-7-6-13(25-3)12-17(14)21(16)24;1-4-5-14-12-15-13-16(24-3)6-7-17(15)18-10-11-22(2)19(21(14)18)8-9-20(22)23/h4,6-7,12,15-16,18-20,23H,1,5,8-11H2,2-3H3;4,6-7,13-14,18-21,23H,1,5,8-12H2,2-3H3/t15?,16-,18?,19-,20?,22-;14-,18?,19?,20+,21?,22+/m01/s1. The van der Waals surface area contributed by atoms with E-state index in [1.54, 1.807) is 19.8 Å². The highest BCUT2D eigenvalue weighted by Crippen LogP contribution is 2.64. The molecule has 0 spiro atoms. The number of aliphatic hydroxyl groups excluding tert-OH is 2. The fourth-order valence-electron chi connectivity index (χ4n) is 12.4. The Bertz CT molecular complexity index is 1580. The van der Waals surface area contributed by atoms with Crippen molar-refractivity contribution in [2.75, 3.05) is 14.2 Å². The lowest BCUT2D eigenvalue weighted by molar-refractivity contribution is -0.0377. The van der Waals surface area contributed by atoms with E-state index in [9.17, 15) is 15.0 Å². The molecule has 2 aromatic rings. The van der Waals surface area contributed by atoms with E-state index in [2.05, 4.69) is 57.3 Å². The molecule has 6 aliphatic rings. The van der Waals surface area contributed by atoms with Crippen LogP contribution in [0.25, 0.3) is 0 Å². The van der Waals surface area contributed by atoms with Crippen molar-refractivity contribution in [2.45, 2.75) is 109 Å². The van der Waals surface area contributed by atoms with E-state index in [4.69, 9.17) is 9.47 Å². The normalized spacial score (nSPS) is 39.8.